The highest BCUT2D eigenvalue weighted by Gasteiger charge is 2.32. The van der Waals surface area contributed by atoms with E-state index in [0.717, 1.165) is 26.1 Å². The molecule has 0 bridgehead atoms. The molecule has 2 amide bonds. The second-order valence-electron chi connectivity index (χ2n) is 17.4. The number of benzene rings is 1. The van der Waals surface area contributed by atoms with Crippen molar-refractivity contribution in [1.82, 2.24) is 29.3 Å². The highest BCUT2D eigenvalue weighted by atomic mass is 16.6. The molecule has 0 atom stereocenters. The van der Waals surface area contributed by atoms with Crippen molar-refractivity contribution in [2.75, 3.05) is 4.90 Å². The van der Waals surface area contributed by atoms with Crippen molar-refractivity contribution in [2.24, 2.45) is 5.92 Å². The first kappa shape index (κ1) is 41.2. The van der Waals surface area contributed by atoms with Crippen LogP contribution in [-0.2, 0) is 19.0 Å². The number of aromatic nitrogens is 6. The molecule has 6 rings (SSSR count). The van der Waals surface area contributed by atoms with Crippen molar-refractivity contribution >= 4 is 51.7 Å². The minimum Gasteiger partial charge on any atom is -0.443 e. The van der Waals surface area contributed by atoms with Gasteiger partial charge in [-0.25, -0.2) is 23.9 Å². The van der Waals surface area contributed by atoms with E-state index < -0.39 is 41.0 Å². The van der Waals surface area contributed by atoms with Crippen LogP contribution in [0.15, 0.2) is 79.5 Å². The van der Waals surface area contributed by atoms with E-state index in [-0.39, 0.29) is 23.7 Å². The quantitative estimate of drug-likeness (QED) is 0.148. The normalized spacial score (nSPS) is 12.2. The SMILES string of the molecule is CC(C)CC(=O)N(C(=O)OC(C)(C)C)c1cncc(-c2cc3c(-c4cc5c(-c6ccncc6)cccc5n4C(=O)OC(C)(C)C)nn(C(=O)OC(C)(C)C)c3cn2)c1. The Morgan fingerprint density at radius 1 is 0.707 bits per heavy atom. The topological polar surface area (TPSA) is 161 Å². The van der Waals surface area contributed by atoms with E-state index in [0.29, 0.717) is 33.4 Å². The smallest absolute Gasteiger partial charge is 0.435 e. The Kier molecular flexibility index (Phi) is 11.0. The minimum atomic E-state index is -0.864. The molecule has 0 saturated heterocycles. The average Bonchev–Trinajstić information content (AvgIpc) is 3.68. The molecule has 0 radical (unpaired) electrons. The van der Waals surface area contributed by atoms with Crippen LogP contribution in [0.1, 0.15) is 82.6 Å². The van der Waals surface area contributed by atoms with E-state index >= 15 is 0 Å². The summed E-state index contributed by atoms with van der Waals surface area (Å²) < 4.78 is 19.9. The number of hydrogen-bond donors (Lipinski definition) is 0. The van der Waals surface area contributed by atoms with Gasteiger partial charge in [-0.2, -0.15) is 9.78 Å². The third-order valence-electron chi connectivity index (χ3n) is 8.47. The Labute approximate surface area is 337 Å². The zero-order chi connectivity index (χ0) is 42.3. The van der Waals surface area contributed by atoms with Crippen molar-refractivity contribution in [2.45, 2.75) is 99.4 Å². The van der Waals surface area contributed by atoms with Gasteiger partial charge in [-0.3, -0.25) is 19.7 Å². The summed E-state index contributed by atoms with van der Waals surface area (Å²) in [5, 5.41) is 5.98. The predicted molar refractivity (Wildman–Crippen MR) is 221 cm³/mol. The lowest BCUT2D eigenvalue weighted by Gasteiger charge is -2.26. The molecule has 302 valence electrons. The Bertz CT molecular complexity index is 2540. The van der Waals surface area contributed by atoms with Crippen LogP contribution in [0.3, 0.4) is 0 Å². The summed E-state index contributed by atoms with van der Waals surface area (Å²) in [5.74, 6) is -0.483. The maximum Gasteiger partial charge on any atom is 0.435 e. The number of nitrogens with zero attached hydrogens (tertiary/aromatic N) is 7. The third kappa shape index (κ3) is 9.06. The summed E-state index contributed by atoms with van der Waals surface area (Å²) in [5.41, 5.74) is 1.64. The van der Waals surface area contributed by atoms with Gasteiger partial charge in [0.2, 0.25) is 5.91 Å². The largest absolute Gasteiger partial charge is 0.443 e. The second kappa shape index (κ2) is 15.5. The van der Waals surface area contributed by atoms with Crippen LogP contribution in [0.25, 0.3) is 55.6 Å². The summed E-state index contributed by atoms with van der Waals surface area (Å²) in [6.07, 6.45) is 5.70. The average molecular weight is 788 g/mol. The zero-order valence-corrected chi connectivity index (χ0v) is 34.8. The third-order valence-corrected chi connectivity index (χ3v) is 8.47. The monoisotopic (exact) mass is 787 g/mol. The van der Waals surface area contributed by atoms with Crippen molar-refractivity contribution < 1.29 is 33.4 Å². The highest BCUT2D eigenvalue weighted by Crippen LogP contribution is 2.39. The first-order chi connectivity index (χ1) is 27.1. The van der Waals surface area contributed by atoms with E-state index in [4.69, 9.17) is 24.3 Å². The predicted octanol–water partition coefficient (Wildman–Crippen LogP) is 10.1. The van der Waals surface area contributed by atoms with Gasteiger partial charge in [-0.1, -0.05) is 26.0 Å². The van der Waals surface area contributed by atoms with Gasteiger partial charge in [0.15, 0.2) is 0 Å². The Hall–Kier alpha value is -6.44. The number of fused-ring (bicyclic) bond motifs is 2. The number of imide groups is 1. The van der Waals surface area contributed by atoms with Gasteiger partial charge < -0.3 is 14.2 Å². The summed E-state index contributed by atoms with van der Waals surface area (Å²) in [7, 11) is 0. The van der Waals surface area contributed by atoms with E-state index in [9.17, 15) is 19.2 Å². The zero-order valence-electron chi connectivity index (χ0n) is 34.8. The number of ether oxygens (including phenoxy) is 3. The molecule has 0 fully saturated rings. The van der Waals surface area contributed by atoms with E-state index in [1.807, 2.05) is 50.2 Å². The fraction of sp³-hybridized carbons (Fsp3) is 0.364. The first-order valence-corrected chi connectivity index (χ1v) is 19.0. The molecule has 0 unspecified atom stereocenters. The molecule has 5 aromatic heterocycles. The fourth-order valence-corrected chi connectivity index (χ4v) is 6.29. The molecule has 14 nitrogen and oxygen atoms in total. The van der Waals surface area contributed by atoms with Crippen LogP contribution in [0, 0.1) is 5.92 Å². The van der Waals surface area contributed by atoms with Crippen LogP contribution in [0.4, 0.5) is 20.1 Å². The van der Waals surface area contributed by atoms with Gasteiger partial charge in [0.25, 0.3) is 0 Å². The molecule has 0 aliphatic heterocycles. The standard InChI is InChI=1S/C44H49N7O7/c1-26(2)19-37(52)49(39(53)56-42(3,4)5)29-20-28(23-46-24-29)33-21-32-36(25-47-33)51(41(55)58-44(9,10)11)48-38(32)35-22-31-30(27-15-17-45-18-16-27)13-12-14-34(31)50(35)40(54)57-43(6,7)8/h12-18,20-26H,19H2,1-11H3. The van der Waals surface area contributed by atoms with Gasteiger partial charge >= 0.3 is 18.3 Å². The number of rotatable bonds is 6. The molecule has 0 saturated carbocycles. The maximum absolute atomic E-state index is 14.2. The Balaban J connectivity index is 1.60. The van der Waals surface area contributed by atoms with Crippen molar-refractivity contribution in [1.29, 1.82) is 0 Å². The molecule has 5 heterocycles. The van der Waals surface area contributed by atoms with Gasteiger partial charge in [0.05, 0.1) is 40.5 Å². The maximum atomic E-state index is 14.2. The Morgan fingerprint density at radius 2 is 1.36 bits per heavy atom. The summed E-state index contributed by atoms with van der Waals surface area (Å²) >= 11 is 0. The second-order valence-corrected chi connectivity index (χ2v) is 17.4. The fourth-order valence-electron chi connectivity index (χ4n) is 6.29. The number of carbonyl (C=O) groups is 4. The Morgan fingerprint density at radius 3 is 2.00 bits per heavy atom. The number of pyridine rings is 3. The lowest BCUT2D eigenvalue weighted by molar-refractivity contribution is -0.119. The molecule has 14 heteroatoms. The molecule has 0 aliphatic carbocycles. The number of anilines is 1. The molecular weight excluding hydrogens is 739 g/mol. The van der Waals surface area contributed by atoms with Crippen molar-refractivity contribution in [3.63, 3.8) is 0 Å². The number of carbonyl (C=O) groups excluding carboxylic acids is 4. The summed E-state index contributed by atoms with van der Waals surface area (Å²) in [6.45, 7) is 19.5. The minimum absolute atomic E-state index is 0.0327. The molecule has 58 heavy (non-hydrogen) atoms. The lowest BCUT2D eigenvalue weighted by Crippen LogP contribution is -2.41. The summed E-state index contributed by atoms with van der Waals surface area (Å²) in [6, 6.07) is 14.6. The van der Waals surface area contributed by atoms with Crippen LogP contribution < -0.4 is 4.90 Å². The van der Waals surface area contributed by atoms with Gasteiger partial charge in [-0.05, 0) is 116 Å². The van der Waals surface area contributed by atoms with Crippen LogP contribution >= 0.6 is 0 Å². The van der Waals surface area contributed by atoms with E-state index in [2.05, 4.69) is 9.97 Å². The number of amides is 2. The molecule has 0 aliphatic rings. The molecular formula is C44H49N7O7. The molecule has 1 aromatic carbocycles. The molecule has 0 spiro atoms. The molecule has 6 aromatic rings. The van der Waals surface area contributed by atoms with Crippen molar-refractivity contribution in [3.05, 3.63) is 79.5 Å². The van der Waals surface area contributed by atoms with E-state index in [1.54, 1.807) is 93.0 Å². The highest BCUT2D eigenvalue weighted by molar-refractivity contribution is 6.12. The van der Waals surface area contributed by atoms with Crippen LogP contribution in [-0.4, -0.2) is 70.3 Å². The first-order valence-electron chi connectivity index (χ1n) is 19.0. The van der Waals surface area contributed by atoms with Gasteiger partial charge in [0, 0.05) is 41.3 Å². The molecule has 0 N–H and O–H groups in total. The van der Waals surface area contributed by atoms with Gasteiger partial charge in [0.1, 0.15) is 22.5 Å². The van der Waals surface area contributed by atoms with Crippen LogP contribution in [0.2, 0.25) is 0 Å². The van der Waals surface area contributed by atoms with Gasteiger partial charge in [-0.15, -0.1) is 0 Å². The number of hydrogen-bond acceptors (Lipinski definition) is 11. The van der Waals surface area contributed by atoms with E-state index in [1.165, 1.54) is 17.0 Å². The lowest BCUT2D eigenvalue weighted by atomic mass is 10.0. The van der Waals surface area contributed by atoms with Crippen molar-refractivity contribution in [3.8, 4) is 33.8 Å². The van der Waals surface area contributed by atoms with Crippen LogP contribution in [0.5, 0.6) is 0 Å². The summed E-state index contributed by atoms with van der Waals surface area (Å²) in [4.78, 5) is 69.2.